The SMILES string of the molecule is C=C(/C(Cl)=C\C=C\NC(=S)Nc1ccccc1)c1nccc2ccccc12. The zero-order valence-corrected chi connectivity index (χ0v) is 16.1. The number of nitrogens with one attached hydrogen (secondary N) is 2. The van der Waals surface area contributed by atoms with Gasteiger partial charge >= 0.3 is 0 Å². The average molecular weight is 392 g/mol. The van der Waals surface area contributed by atoms with Gasteiger partial charge in [-0.25, -0.2) is 0 Å². The van der Waals surface area contributed by atoms with Gasteiger partial charge in [0.25, 0.3) is 0 Å². The third-order valence-corrected chi connectivity index (χ3v) is 4.41. The molecule has 3 rings (SSSR count). The lowest BCUT2D eigenvalue weighted by molar-refractivity contribution is 1.29. The molecule has 0 atom stereocenters. The van der Waals surface area contributed by atoms with Gasteiger partial charge in [-0.1, -0.05) is 60.6 Å². The maximum Gasteiger partial charge on any atom is 0.174 e. The maximum absolute atomic E-state index is 6.41. The van der Waals surface area contributed by atoms with Crippen molar-refractivity contribution in [1.82, 2.24) is 10.3 Å². The number of pyridine rings is 1. The first-order valence-electron chi connectivity index (χ1n) is 8.33. The topological polar surface area (TPSA) is 37.0 Å². The Morgan fingerprint density at radius 2 is 1.78 bits per heavy atom. The van der Waals surface area contributed by atoms with Crippen LogP contribution in [-0.4, -0.2) is 10.1 Å². The van der Waals surface area contributed by atoms with Gasteiger partial charge in [-0.2, -0.15) is 0 Å². The summed E-state index contributed by atoms with van der Waals surface area (Å²) in [5, 5.41) is 9.20. The summed E-state index contributed by atoms with van der Waals surface area (Å²) in [4.78, 5) is 4.44. The molecule has 0 aliphatic carbocycles. The monoisotopic (exact) mass is 391 g/mol. The van der Waals surface area contributed by atoms with Gasteiger partial charge in [-0.15, -0.1) is 0 Å². The average Bonchev–Trinajstić information content (AvgIpc) is 2.71. The van der Waals surface area contributed by atoms with E-state index in [-0.39, 0.29) is 0 Å². The molecule has 0 bridgehead atoms. The summed E-state index contributed by atoms with van der Waals surface area (Å²) in [5.41, 5.74) is 2.37. The lowest BCUT2D eigenvalue weighted by atomic mass is 10.0. The lowest BCUT2D eigenvalue weighted by Gasteiger charge is -2.08. The van der Waals surface area contributed by atoms with E-state index in [2.05, 4.69) is 22.2 Å². The fourth-order valence-corrected chi connectivity index (χ4v) is 2.87. The van der Waals surface area contributed by atoms with Crippen molar-refractivity contribution in [1.29, 1.82) is 0 Å². The van der Waals surface area contributed by atoms with Crippen molar-refractivity contribution >= 4 is 51.0 Å². The molecular weight excluding hydrogens is 374 g/mol. The molecule has 3 nitrogen and oxygen atoms in total. The second kappa shape index (κ2) is 9.12. The Bertz CT molecular complexity index is 1020. The van der Waals surface area contributed by atoms with E-state index in [0.717, 1.165) is 22.2 Å². The van der Waals surface area contributed by atoms with E-state index in [9.17, 15) is 0 Å². The van der Waals surface area contributed by atoms with Crippen molar-refractivity contribution in [3.05, 3.63) is 103 Å². The number of nitrogens with zero attached hydrogens (tertiary/aromatic N) is 1. The highest BCUT2D eigenvalue weighted by atomic mass is 35.5. The Morgan fingerprint density at radius 3 is 2.59 bits per heavy atom. The standard InChI is InChI=1S/C22H18ClN3S/c1-16(21-19-11-6-5-8-17(19)13-15-24-21)20(23)12-7-14-25-22(27)26-18-9-3-2-4-10-18/h2-15H,1H2,(H2,25,26,27)/b14-7+,20-12+. The molecule has 5 heteroatoms. The fourth-order valence-electron chi connectivity index (χ4n) is 2.52. The van der Waals surface area contributed by atoms with E-state index in [1.54, 1.807) is 24.5 Å². The molecule has 3 aromatic rings. The number of benzene rings is 2. The molecule has 1 aromatic heterocycles. The lowest BCUT2D eigenvalue weighted by Crippen LogP contribution is -2.23. The summed E-state index contributed by atoms with van der Waals surface area (Å²) in [5.74, 6) is 0. The molecule has 0 spiro atoms. The third kappa shape index (κ3) is 5.03. The van der Waals surface area contributed by atoms with Crippen LogP contribution in [-0.2, 0) is 0 Å². The first-order chi connectivity index (χ1) is 13.1. The quantitative estimate of drug-likeness (QED) is 0.421. The van der Waals surface area contributed by atoms with Crippen LogP contribution in [0.1, 0.15) is 5.69 Å². The number of aromatic nitrogens is 1. The molecule has 134 valence electrons. The first-order valence-corrected chi connectivity index (χ1v) is 9.12. The van der Waals surface area contributed by atoms with Gasteiger partial charge < -0.3 is 10.6 Å². The minimum atomic E-state index is 0.497. The smallest absolute Gasteiger partial charge is 0.174 e. The molecule has 2 N–H and O–H groups in total. The van der Waals surface area contributed by atoms with Crippen LogP contribution >= 0.6 is 23.8 Å². The number of hydrogen-bond donors (Lipinski definition) is 2. The number of fused-ring (bicyclic) bond motifs is 1. The van der Waals surface area contributed by atoms with E-state index in [4.69, 9.17) is 23.8 Å². The van der Waals surface area contributed by atoms with Crippen LogP contribution in [0.4, 0.5) is 5.69 Å². The summed E-state index contributed by atoms with van der Waals surface area (Å²) >= 11 is 11.6. The molecule has 0 aliphatic heterocycles. The first kappa shape index (κ1) is 18.8. The molecule has 0 fully saturated rings. The number of rotatable bonds is 5. The number of para-hydroxylation sites is 1. The van der Waals surface area contributed by atoms with Gasteiger partial charge in [0.2, 0.25) is 0 Å². The molecule has 0 unspecified atom stereocenters. The highest BCUT2D eigenvalue weighted by Gasteiger charge is 2.08. The van der Waals surface area contributed by atoms with Crippen molar-refractivity contribution in [2.75, 3.05) is 5.32 Å². The minimum absolute atomic E-state index is 0.497. The molecule has 0 saturated carbocycles. The zero-order chi connectivity index (χ0) is 19.1. The van der Waals surface area contributed by atoms with Crippen LogP contribution in [0.2, 0.25) is 0 Å². The maximum atomic E-state index is 6.41. The summed E-state index contributed by atoms with van der Waals surface area (Å²) < 4.78 is 0. The van der Waals surface area contributed by atoms with E-state index in [1.807, 2.05) is 60.7 Å². The van der Waals surface area contributed by atoms with E-state index < -0.39 is 0 Å². The van der Waals surface area contributed by atoms with E-state index in [1.165, 1.54) is 0 Å². The van der Waals surface area contributed by atoms with Crippen LogP contribution < -0.4 is 10.6 Å². The predicted molar refractivity (Wildman–Crippen MR) is 120 cm³/mol. The summed E-state index contributed by atoms with van der Waals surface area (Å²) in [7, 11) is 0. The highest BCUT2D eigenvalue weighted by molar-refractivity contribution is 7.80. The van der Waals surface area contributed by atoms with Gasteiger partial charge in [0.05, 0.1) is 5.69 Å². The largest absolute Gasteiger partial charge is 0.339 e. The molecule has 0 aliphatic rings. The van der Waals surface area contributed by atoms with Crippen LogP contribution in [0.15, 0.2) is 96.8 Å². The van der Waals surface area contributed by atoms with Crippen LogP contribution in [0.5, 0.6) is 0 Å². The van der Waals surface area contributed by atoms with Crippen molar-refractivity contribution in [2.45, 2.75) is 0 Å². The second-order valence-electron chi connectivity index (χ2n) is 5.70. The molecule has 27 heavy (non-hydrogen) atoms. The van der Waals surface area contributed by atoms with Crippen molar-refractivity contribution in [3.8, 4) is 0 Å². The van der Waals surface area contributed by atoms with Gasteiger partial charge in [0.1, 0.15) is 0 Å². The Labute approximate surface area is 169 Å². The molecule has 0 amide bonds. The van der Waals surface area contributed by atoms with Gasteiger partial charge in [0.15, 0.2) is 5.11 Å². The molecule has 1 heterocycles. The second-order valence-corrected chi connectivity index (χ2v) is 6.51. The number of anilines is 1. The van der Waals surface area contributed by atoms with Gasteiger partial charge in [0, 0.05) is 34.1 Å². The van der Waals surface area contributed by atoms with Crippen LogP contribution in [0, 0.1) is 0 Å². The number of thiocarbonyl (C=S) groups is 1. The molecule has 2 aromatic carbocycles. The van der Waals surface area contributed by atoms with Crippen LogP contribution in [0.3, 0.4) is 0 Å². The third-order valence-electron chi connectivity index (χ3n) is 3.83. The van der Waals surface area contributed by atoms with Crippen molar-refractivity contribution < 1.29 is 0 Å². The van der Waals surface area contributed by atoms with Gasteiger partial charge in [-0.05, 0) is 48.0 Å². The molecule has 0 radical (unpaired) electrons. The highest BCUT2D eigenvalue weighted by Crippen LogP contribution is 2.28. The van der Waals surface area contributed by atoms with Gasteiger partial charge in [-0.3, -0.25) is 4.98 Å². The molecular formula is C22H18ClN3S. The Kier molecular flexibility index (Phi) is 6.36. The zero-order valence-electron chi connectivity index (χ0n) is 14.5. The number of hydrogen-bond acceptors (Lipinski definition) is 2. The normalized spacial score (nSPS) is 11.5. The Hall–Kier alpha value is -2.95. The number of halogens is 1. The Balaban J connectivity index is 1.63. The Morgan fingerprint density at radius 1 is 1.04 bits per heavy atom. The predicted octanol–water partition coefficient (Wildman–Crippen LogP) is 5.87. The minimum Gasteiger partial charge on any atom is -0.339 e. The summed E-state index contributed by atoms with van der Waals surface area (Å²) in [6, 6.07) is 19.7. The van der Waals surface area contributed by atoms with Crippen molar-refractivity contribution in [3.63, 3.8) is 0 Å². The van der Waals surface area contributed by atoms with Crippen molar-refractivity contribution in [2.24, 2.45) is 0 Å². The van der Waals surface area contributed by atoms with E-state index >= 15 is 0 Å². The summed E-state index contributed by atoms with van der Waals surface area (Å²) in [6.07, 6.45) is 7.01. The van der Waals surface area contributed by atoms with Crippen LogP contribution in [0.25, 0.3) is 16.3 Å². The summed E-state index contributed by atoms with van der Waals surface area (Å²) in [6.45, 7) is 4.09. The fraction of sp³-hybridized carbons (Fsp3) is 0. The molecule has 0 saturated heterocycles. The van der Waals surface area contributed by atoms with E-state index in [0.29, 0.717) is 15.7 Å². The number of allylic oxidation sites excluding steroid dienone is 4.